The first-order valence-corrected chi connectivity index (χ1v) is 7.11. The molecule has 21 heavy (non-hydrogen) atoms. The molecule has 2 rings (SSSR count). The first kappa shape index (κ1) is 15.2. The Hall–Kier alpha value is -2.23. The van der Waals surface area contributed by atoms with E-state index in [2.05, 4.69) is 22.1 Å². The molecular formula is C15H13FN2O2S. The summed E-state index contributed by atoms with van der Waals surface area (Å²) in [6.45, 7) is 1.76. The molecule has 0 aliphatic carbocycles. The lowest BCUT2D eigenvalue weighted by Crippen LogP contribution is -2.12. The molecule has 1 aromatic heterocycles. The topological polar surface area (TPSA) is 62.2 Å². The summed E-state index contributed by atoms with van der Waals surface area (Å²) >= 11 is 1.31. The van der Waals surface area contributed by atoms with E-state index in [1.807, 2.05) is 12.3 Å². The molecule has 4 nitrogen and oxygen atoms in total. The first-order valence-electron chi connectivity index (χ1n) is 6.23. The fourth-order valence-corrected chi connectivity index (χ4v) is 2.24. The molecule has 2 N–H and O–H groups in total. The van der Waals surface area contributed by atoms with E-state index in [4.69, 9.17) is 5.11 Å². The van der Waals surface area contributed by atoms with Gasteiger partial charge in [0.05, 0.1) is 17.9 Å². The third-order valence-electron chi connectivity index (χ3n) is 2.53. The molecule has 0 spiro atoms. The fraction of sp³-hybridized carbons (Fsp3) is 0.200. The fourth-order valence-electron chi connectivity index (χ4n) is 1.55. The predicted octanol–water partition coefficient (Wildman–Crippen LogP) is 2.58. The van der Waals surface area contributed by atoms with Crippen molar-refractivity contribution in [2.75, 3.05) is 11.9 Å². The minimum atomic E-state index is -0.566. The van der Waals surface area contributed by atoms with Gasteiger partial charge in [-0.15, -0.1) is 11.3 Å². The number of aliphatic hydroxyl groups excluding tert-OH is 1. The van der Waals surface area contributed by atoms with Gasteiger partial charge in [-0.1, -0.05) is 11.8 Å². The maximum Gasteiger partial charge on any atom is 0.257 e. The van der Waals surface area contributed by atoms with E-state index in [-0.39, 0.29) is 24.2 Å². The van der Waals surface area contributed by atoms with Crippen LogP contribution in [0.15, 0.2) is 23.6 Å². The van der Waals surface area contributed by atoms with Gasteiger partial charge in [0.1, 0.15) is 5.82 Å². The lowest BCUT2D eigenvalue weighted by Gasteiger charge is -2.03. The minimum Gasteiger partial charge on any atom is -0.395 e. The normalized spacial score (nSPS) is 9.86. The minimum absolute atomic E-state index is 0.0671. The zero-order valence-corrected chi connectivity index (χ0v) is 12.1. The van der Waals surface area contributed by atoms with Crippen molar-refractivity contribution in [3.63, 3.8) is 0 Å². The molecule has 1 heterocycles. The van der Waals surface area contributed by atoms with E-state index >= 15 is 0 Å². The van der Waals surface area contributed by atoms with Gasteiger partial charge in [-0.3, -0.25) is 10.1 Å². The third kappa shape index (κ3) is 4.12. The van der Waals surface area contributed by atoms with Gasteiger partial charge in [-0.2, -0.15) is 0 Å². The summed E-state index contributed by atoms with van der Waals surface area (Å²) in [4.78, 5) is 16.1. The van der Waals surface area contributed by atoms with Crippen LogP contribution in [0.2, 0.25) is 0 Å². The molecule has 1 aromatic carbocycles. The molecule has 0 radical (unpaired) electrons. The van der Waals surface area contributed by atoms with Crippen LogP contribution in [-0.2, 0) is 0 Å². The molecule has 0 fully saturated rings. The van der Waals surface area contributed by atoms with E-state index in [0.29, 0.717) is 5.13 Å². The third-order valence-corrected chi connectivity index (χ3v) is 3.41. The molecule has 0 aliphatic rings. The van der Waals surface area contributed by atoms with Crippen molar-refractivity contribution < 1.29 is 14.3 Å². The Morgan fingerprint density at radius 1 is 1.52 bits per heavy atom. The number of nitrogens with zero attached hydrogens (tertiary/aromatic N) is 1. The highest BCUT2D eigenvalue weighted by Gasteiger charge is 2.10. The number of aromatic nitrogens is 1. The predicted molar refractivity (Wildman–Crippen MR) is 79.8 cm³/mol. The van der Waals surface area contributed by atoms with Crippen LogP contribution in [0.1, 0.15) is 28.0 Å². The van der Waals surface area contributed by atoms with Crippen LogP contribution in [0.4, 0.5) is 9.52 Å². The quantitative estimate of drug-likeness (QED) is 0.857. The average molecular weight is 304 g/mol. The molecule has 1 amide bonds. The van der Waals surface area contributed by atoms with Crippen molar-refractivity contribution >= 4 is 22.4 Å². The zero-order chi connectivity index (χ0) is 15.2. The number of nitrogens with one attached hydrogen (secondary N) is 1. The van der Waals surface area contributed by atoms with Gasteiger partial charge in [-0.25, -0.2) is 9.37 Å². The number of carbonyl (C=O) groups is 1. The summed E-state index contributed by atoms with van der Waals surface area (Å²) < 4.78 is 13.8. The Labute approximate surface area is 125 Å². The highest BCUT2D eigenvalue weighted by molar-refractivity contribution is 7.13. The van der Waals surface area contributed by atoms with Crippen molar-refractivity contribution in [2.24, 2.45) is 0 Å². The standard InChI is InChI=1S/C15H13FN2O2S/c1-10-9-21-15(17-10)18-14(20)12-6-5-11(13(16)8-12)4-2-3-7-19/h5-6,8-9,19H,3,7H2,1H3,(H,17,18,20). The van der Waals surface area contributed by atoms with Crippen molar-refractivity contribution in [1.82, 2.24) is 4.98 Å². The molecule has 0 saturated carbocycles. The number of hydrogen-bond acceptors (Lipinski definition) is 4. The SMILES string of the molecule is Cc1csc(NC(=O)c2ccc(C#CCCO)c(F)c2)n1. The highest BCUT2D eigenvalue weighted by Crippen LogP contribution is 2.16. The highest BCUT2D eigenvalue weighted by atomic mass is 32.1. The lowest BCUT2D eigenvalue weighted by atomic mass is 10.1. The van der Waals surface area contributed by atoms with Crippen LogP contribution in [-0.4, -0.2) is 22.6 Å². The van der Waals surface area contributed by atoms with Crippen molar-refractivity contribution in [3.8, 4) is 11.8 Å². The van der Waals surface area contributed by atoms with Gasteiger partial charge in [-0.05, 0) is 25.1 Å². The molecule has 0 unspecified atom stereocenters. The van der Waals surface area contributed by atoms with Crippen molar-refractivity contribution in [3.05, 3.63) is 46.2 Å². The Morgan fingerprint density at radius 2 is 2.33 bits per heavy atom. The van der Waals surface area contributed by atoms with Gasteiger partial charge >= 0.3 is 0 Å². The summed E-state index contributed by atoms with van der Waals surface area (Å²) in [5.74, 6) is 4.26. The first-order chi connectivity index (χ1) is 10.1. The number of benzene rings is 1. The molecule has 0 aliphatic heterocycles. The smallest absolute Gasteiger partial charge is 0.257 e. The van der Waals surface area contributed by atoms with Crippen LogP contribution in [0, 0.1) is 24.6 Å². The lowest BCUT2D eigenvalue weighted by molar-refractivity contribution is 0.102. The van der Waals surface area contributed by atoms with Gasteiger partial charge in [0.25, 0.3) is 5.91 Å². The summed E-state index contributed by atoms with van der Waals surface area (Å²) in [5, 5.41) is 13.5. The number of thiazole rings is 1. The molecule has 2 aromatic rings. The molecule has 108 valence electrons. The second-order valence-corrected chi connectivity index (χ2v) is 5.08. The van der Waals surface area contributed by atoms with Crippen LogP contribution in [0.5, 0.6) is 0 Å². The van der Waals surface area contributed by atoms with E-state index < -0.39 is 11.7 Å². The number of rotatable bonds is 3. The number of amides is 1. The van der Waals surface area contributed by atoms with Crippen LogP contribution < -0.4 is 5.32 Å². The van der Waals surface area contributed by atoms with Crippen molar-refractivity contribution in [1.29, 1.82) is 0 Å². The molecule has 0 saturated heterocycles. The van der Waals surface area contributed by atoms with Crippen molar-refractivity contribution in [2.45, 2.75) is 13.3 Å². The van der Waals surface area contributed by atoms with E-state index in [0.717, 1.165) is 11.8 Å². The summed E-state index contributed by atoms with van der Waals surface area (Å²) in [5.41, 5.74) is 1.22. The van der Waals surface area contributed by atoms with Crippen LogP contribution in [0.25, 0.3) is 0 Å². The molecule has 0 atom stereocenters. The Bertz CT molecular complexity index is 716. The van der Waals surface area contributed by atoms with E-state index in [1.165, 1.54) is 23.5 Å². The Balaban J connectivity index is 2.12. The maximum absolute atomic E-state index is 13.8. The second kappa shape index (κ2) is 6.97. The van der Waals surface area contributed by atoms with Crippen LogP contribution >= 0.6 is 11.3 Å². The monoisotopic (exact) mass is 304 g/mol. The summed E-state index contributed by atoms with van der Waals surface area (Å²) in [6.07, 6.45) is 0.283. The summed E-state index contributed by atoms with van der Waals surface area (Å²) in [7, 11) is 0. The zero-order valence-electron chi connectivity index (χ0n) is 11.3. The van der Waals surface area contributed by atoms with Gasteiger partial charge in [0.15, 0.2) is 5.13 Å². The second-order valence-electron chi connectivity index (χ2n) is 4.22. The van der Waals surface area contributed by atoms with Gasteiger partial charge in [0, 0.05) is 17.4 Å². The van der Waals surface area contributed by atoms with E-state index in [9.17, 15) is 9.18 Å². The number of anilines is 1. The Kier molecular flexibility index (Phi) is 5.04. The maximum atomic E-state index is 13.8. The number of halogens is 1. The Morgan fingerprint density at radius 3 is 2.95 bits per heavy atom. The average Bonchev–Trinajstić information content (AvgIpc) is 2.86. The molecule has 0 bridgehead atoms. The van der Waals surface area contributed by atoms with Gasteiger partial charge in [0.2, 0.25) is 0 Å². The van der Waals surface area contributed by atoms with Gasteiger partial charge < -0.3 is 5.11 Å². The number of hydrogen-bond donors (Lipinski definition) is 2. The summed E-state index contributed by atoms with van der Waals surface area (Å²) in [6, 6.07) is 4.09. The van der Waals surface area contributed by atoms with E-state index in [1.54, 1.807) is 0 Å². The number of aryl methyl sites for hydroxylation is 1. The molecule has 6 heteroatoms. The number of aliphatic hydroxyl groups is 1. The largest absolute Gasteiger partial charge is 0.395 e. The molecular weight excluding hydrogens is 291 g/mol. The number of carbonyl (C=O) groups excluding carboxylic acids is 1. The van der Waals surface area contributed by atoms with Crippen LogP contribution in [0.3, 0.4) is 0 Å².